The molecule has 0 atom stereocenters. The Morgan fingerprint density at radius 3 is 1.58 bits per heavy atom. The molecule has 3 heteroatoms. The zero-order valence-electron chi connectivity index (χ0n) is 36.7. The Morgan fingerprint density at radius 2 is 0.864 bits per heavy atom. The maximum atomic E-state index is 2.44. The van der Waals surface area contributed by atoms with E-state index >= 15 is 0 Å². The SMILES string of the molecule is CC1(C)c2ccccc2-c2cccc(-c3ccc(N(c4ccc(-c5ccc(-c6ccccc6-n6c7ccccc7c7ccccc76)cc5)cc4)c4cccc5sc6ccccc6c45)cc3)c21. The normalized spacial score (nSPS) is 12.8. The van der Waals surface area contributed by atoms with Crippen molar-refractivity contribution in [1.29, 1.82) is 0 Å². The lowest BCUT2D eigenvalue weighted by Crippen LogP contribution is -2.16. The van der Waals surface area contributed by atoms with Crippen LogP contribution in [0.25, 0.3) is 92.2 Å². The van der Waals surface area contributed by atoms with Gasteiger partial charge in [0, 0.05) is 53.3 Å². The highest BCUT2D eigenvalue weighted by molar-refractivity contribution is 7.26. The predicted molar refractivity (Wildman–Crippen MR) is 282 cm³/mol. The number of thiophene rings is 1. The number of fused-ring (bicyclic) bond motifs is 9. The largest absolute Gasteiger partial charge is 0.310 e. The number of rotatable bonds is 7. The van der Waals surface area contributed by atoms with Crippen molar-refractivity contribution in [1.82, 2.24) is 4.57 Å². The quantitative estimate of drug-likeness (QED) is 0.155. The Bertz CT molecular complexity index is 3780. The minimum Gasteiger partial charge on any atom is -0.310 e. The van der Waals surface area contributed by atoms with Gasteiger partial charge < -0.3 is 9.47 Å². The van der Waals surface area contributed by atoms with E-state index in [9.17, 15) is 0 Å². The first-order valence-electron chi connectivity index (χ1n) is 22.8. The summed E-state index contributed by atoms with van der Waals surface area (Å²) in [5.74, 6) is 0. The number of hydrogen-bond donors (Lipinski definition) is 0. The van der Waals surface area contributed by atoms with E-state index in [1.54, 1.807) is 0 Å². The Hall–Kier alpha value is -7.98. The number of para-hydroxylation sites is 3. The van der Waals surface area contributed by atoms with Gasteiger partial charge in [-0.05, 0) is 111 Å². The summed E-state index contributed by atoms with van der Waals surface area (Å²) < 4.78 is 5.00. The van der Waals surface area contributed by atoms with Crippen molar-refractivity contribution in [2.24, 2.45) is 0 Å². The molecule has 12 aromatic rings. The Labute approximate surface area is 388 Å². The summed E-state index contributed by atoms with van der Waals surface area (Å²) in [7, 11) is 0. The summed E-state index contributed by atoms with van der Waals surface area (Å²) in [4.78, 5) is 2.44. The highest BCUT2D eigenvalue weighted by Crippen LogP contribution is 2.52. The van der Waals surface area contributed by atoms with Gasteiger partial charge in [-0.25, -0.2) is 0 Å². The molecule has 0 bridgehead atoms. The summed E-state index contributed by atoms with van der Waals surface area (Å²) in [5, 5.41) is 5.10. The van der Waals surface area contributed by atoms with Crippen LogP contribution in [0.5, 0.6) is 0 Å². The molecule has 312 valence electrons. The maximum absolute atomic E-state index is 2.44. The molecule has 0 saturated heterocycles. The molecule has 2 nitrogen and oxygen atoms in total. The maximum Gasteiger partial charge on any atom is 0.0554 e. The van der Waals surface area contributed by atoms with E-state index < -0.39 is 0 Å². The van der Waals surface area contributed by atoms with Gasteiger partial charge in [0.15, 0.2) is 0 Å². The van der Waals surface area contributed by atoms with E-state index in [0.29, 0.717) is 0 Å². The molecular weight excluding hydrogens is 817 g/mol. The smallest absolute Gasteiger partial charge is 0.0554 e. The number of aromatic nitrogens is 1. The highest BCUT2D eigenvalue weighted by Gasteiger charge is 2.37. The molecular formula is C63H44N2S. The fraction of sp³-hybridized carbons (Fsp3) is 0.0476. The fourth-order valence-electron chi connectivity index (χ4n) is 11.0. The number of hydrogen-bond acceptors (Lipinski definition) is 2. The van der Waals surface area contributed by atoms with Crippen molar-refractivity contribution < 1.29 is 0 Å². The molecule has 0 N–H and O–H groups in total. The minimum atomic E-state index is -0.0944. The zero-order valence-corrected chi connectivity index (χ0v) is 37.6. The molecule has 0 saturated carbocycles. The molecule has 0 fully saturated rings. The second kappa shape index (κ2) is 15.1. The number of anilines is 3. The molecule has 0 spiro atoms. The first kappa shape index (κ1) is 38.5. The van der Waals surface area contributed by atoms with Crippen LogP contribution >= 0.6 is 11.3 Å². The van der Waals surface area contributed by atoms with E-state index in [-0.39, 0.29) is 5.41 Å². The van der Waals surface area contributed by atoms with Gasteiger partial charge in [0.1, 0.15) is 0 Å². The van der Waals surface area contributed by atoms with Gasteiger partial charge in [0.05, 0.1) is 22.4 Å². The van der Waals surface area contributed by atoms with Crippen LogP contribution in [0.4, 0.5) is 17.1 Å². The van der Waals surface area contributed by atoms with Crippen molar-refractivity contribution in [2.75, 3.05) is 4.90 Å². The first-order valence-corrected chi connectivity index (χ1v) is 23.7. The average molecular weight is 861 g/mol. The molecule has 2 aromatic heterocycles. The monoisotopic (exact) mass is 860 g/mol. The molecule has 0 radical (unpaired) electrons. The van der Waals surface area contributed by atoms with E-state index in [2.05, 4.69) is 254 Å². The van der Waals surface area contributed by atoms with Gasteiger partial charge in [-0.1, -0.05) is 184 Å². The first-order chi connectivity index (χ1) is 32.5. The van der Waals surface area contributed by atoms with Crippen LogP contribution < -0.4 is 4.90 Å². The Morgan fingerprint density at radius 1 is 0.379 bits per heavy atom. The number of nitrogens with zero attached hydrogens (tertiary/aromatic N) is 2. The molecule has 2 heterocycles. The lowest BCUT2D eigenvalue weighted by atomic mass is 9.79. The third-order valence-corrected chi connectivity index (χ3v) is 15.2. The van der Waals surface area contributed by atoms with E-state index in [0.717, 1.165) is 11.4 Å². The molecule has 1 aliphatic rings. The third-order valence-electron chi connectivity index (χ3n) is 14.0. The lowest BCUT2D eigenvalue weighted by molar-refractivity contribution is 0.662. The van der Waals surface area contributed by atoms with Crippen molar-refractivity contribution in [2.45, 2.75) is 19.3 Å². The van der Waals surface area contributed by atoms with E-state index in [1.165, 1.54) is 109 Å². The van der Waals surface area contributed by atoms with Crippen LogP contribution in [0.15, 0.2) is 231 Å². The molecule has 1 aliphatic carbocycles. The Balaban J connectivity index is 0.879. The van der Waals surface area contributed by atoms with Gasteiger partial charge in [-0.3, -0.25) is 0 Å². The second-order valence-corrected chi connectivity index (χ2v) is 19.1. The topological polar surface area (TPSA) is 8.17 Å². The van der Waals surface area contributed by atoms with Gasteiger partial charge in [-0.15, -0.1) is 11.3 Å². The molecule has 0 unspecified atom stereocenters. The number of benzene rings is 10. The van der Waals surface area contributed by atoms with Crippen LogP contribution in [0.1, 0.15) is 25.0 Å². The zero-order chi connectivity index (χ0) is 43.9. The molecule has 66 heavy (non-hydrogen) atoms. The predicted octanol–water partition coefficient (Wildman–Crippen LogP) is 17.9. The summed E-state index contributed by atoms with van der Waals surface area (Å²) in [6, 6.07) is 84.9. The van der Waals surface area contributed by atoms with Gasteiger partial charge in [0.25, 0.3) is 0 Å². The molecule has 10 aromatic carbocycles. The summed E-state index contributed by atoms with van der Waals surface area (Å²) >= 11 is 1.86. The summed E-state index contributed by atoms with van der Waals surface area (Å²) in [5.41, 5.74) is 19.7. The van der Waals surface area contributed by atoms with Crippen molar-refractivity contribution in [3.05, 3.63) is 242 Å². The van der Waals surface area contributed by atoms with Crippen LogP contribution in [0.2, 0.25) is 0 Å². The molecule has 13 rings (SSSR count). The van der Waals surface area contributed by atoms with Crippen LogP contribution in [0.3, 0.4) is 0 Å². The van der Waals surface area contributed by atoms with Crippen LogP contribution in [-0.4, -0.2) is 4.57 Å². The van der Waals surface area contributed by atoms with E-state index in [4.69, 9.17) is 0 Å². The van der Waals surface area contributed by atoms with Crippen molar-refractivity contribution in [3.8, 4) is 50.2 Å². The Kier molecular flexibility index (Phi) is 8.78. The second-order valence-electron chi connectivity index (χ2n) is 18.0. The summed E-state index contributed by atoms with van der Waals surface area (Å²) in [6.07, 6.45) is 0. The fourth-order valence-corrected chi connectivity index (χ4v) is 12.1. The van der Waals surface area contributed by atoms with Crippen LogP contribution in [0, 0.1) is 0 Å². The average Bonchev–Trinajstić information content (AvgIpc) is 4.00. The third kappa shape index (κ3) is 5.94. The van der Waals surface area contributed by atoms with Gasteiger partial charge in [-0.2, -0.15) is 0 Å². The van der Waals surface area contributed by atoms with Crippen molar-refractivity contribution >= 4 is 70.4 Å². The lowest BCUT2D eigenvalue weighted by Gasteiger charge is -2.27. The van der Waals surface area contributed by atoms with Crippen molar-refractivity contribution in [3.63, 3.8) is 0 Å². The summed E-state index contributed by atoms with van der Waals surface area (Å²) in [6.45, 7) is 4.74. The van der Waals surface area contributed by atoms with Gasteiger partial charge in [0.2, 0.25) is 0 Å². The van der Waals surface area contributed by atoms with E-state index in [1.807, 2.05) is 11.3 Å². The van der Waals surface area contributed by atoms with Crippen LogP contribution in [-0.2, 0) is 5.41 Å². The molecule has 0 amide bonds. The minimum absolute atomic E-state index is 0.0944. The standard InChI is InChI=1S/C63H44N2S/c1-63(2)54-22-8-3-16-49(54)52-21-13-20-48(62(52)63)44-35-39-46(40-36-44)64(58-26-14-28-60-61(58)53-19-7-12-27-59(53)66-60)45-37-33-42(34-38-45)41-29-31-43(32-30-41)47-15-4-9-23-55(47)65-56-24-10-5-17-50(56)51-18-6-11-25-57(51)65/h3-40H,1-2H3. The molecule has 0 aliphatic heterocycles. The van der Waals surface area contributed by atoms with Gasteiger partial charge >= 0.3 is 0 Å². The highest BCUT2D eigenvalue weighted by atomic mass is 32.1.